The molecule has 1 aliphatic heterocycles. The predicted molar refractivity (Wildman–Crippen MR) is 117 cm³/mol. The van der Waals surface area contributed by atoms with Gasteiger partial charge in [-0.15, -0.1) is 10.2 Å². The van der Waals surface area contributed by atoms with Gasteiger partial charge in [0, 0.05) is 30.9 Å². The van der Waals surface area contributed by atoms with E-state index in [9.17, 15) is 9.59 Å². The number of aryl methyl sites for hydroxylation is 1. The summed E-state index contributed by atoms with van der Waals surface area (Å²) in [5.74, 6) is 1.45. The number of hydrogen-bond acceptors (Lipinski definition) is 6. The number of cyclic esters (lactones) is 1. The Bertz CT molecular complexity index is 885. The maximum atomic E-state index is 12.2. The molecule has 0 spiro atoms. The number of nitrogens with one attached hydrogen (secondary N) is 2. The molecular formula is C20H28N6O3S. The molecule has 0 aliphatic carbocycles. The van der Waals surface area contributed by atoms with Gasteiger partial charge in [-0.3, -0.25) is 4.90 Å². The maximum Gasteiger partial charge on any atom is 0.414 e. The minimum Gasteiger partial charge on any atom is -0.447 e. The zero-order valence-electron chi connectivity index (χ0n) is 17.6. The standard InChI is InChI=1S/C20H28N6O3S/c1-14(2)13-26-17(23-24-19(26)30-3)8-5-9-21-18(27)22-15-6-4-7-16(12-15)25-10-11-29-20(25)28/h4,6-7,12,14H,5,8-11,13H2,1-3H3,(H2,21,22,27). The van der Waals surface area contributed by atoms with Crippen LogP contribution in [0.25, 0.3) is 0 Å². The Kier molecular flexibility index (Phi) is 7.56. The molecule has 3 rings (SSSR count). The molecule has 0 atom stereocenters. The van der Waals surface area contributed by atoms with Gasteiger partial charge in [-0.1, -0.05) is 31.7 Å². The van der Waals surface area contributed by atoms with Gasteiger partial charge in [-0.05, 0) is 36.8 Å². The first-order valence-electron chi connectivity index (χ1n) is 10.0. The Morgan fingerprint density at radius 1 is 1.33 bits per heavy atom. The number of anilines is 2. The van der Waals surface area contributed by atoms with Crippen molar-refractivity contribution in [3.05, 3.63) is 30.1 Å². The Morgan fingerprint density at radius 3 is 2.87 bits per heavy atom. The fraction of sp³-hybridized carbons (Fsp3) is 0.500. The molecule has 0 bridgehead atoms. The summed E-state index contributed by atoms with van der Waals surface area (Å²) in [5, 5.41) is 15.1. The molecule has 0 unspecified atom stereocenters. The molecule has 1 saturated heterocycles. The van der Waals surface area contributed by atoms with E-state index >= 15 is 0 Å². The van der Waals surface area contributed by atoms with Gasteiger partial charge >= 0.3 is 12.1 Å². The van der Waals surface area contributed by atoms with Crippen LogP contribution in [-0.2, 0) is 17.7 Å². The van der Waals surface area contributed by atoms with Crippen molar-refractivity contribution in [3.63, 3.8) is 0 Å². The van der Waals surface area contributed by atoms with Crippen LogP contribution in [-0.4, -0.2) is 52.8 Å². The Hall–Kier alpha value is -2.75. The minimum atomic E-state index is -0.369. The van der Waals surface area contributed by atoms with Crippen molar-refractivity contribution in [2.45, 2.75) is 38.4 Å². The van der Waals surface area contributed by atoms with E-state index in [2.05, 4.69) is 39.2 Å². The zero-order valence-corrected chi connectivity index (χ0v) is 18.4. The molecular weight excluding hydrogens is 404 g/mol. The van der Waals surface area contributed by atoms with Crippen LogP contribution in [0, 0.1) is 5.92 Å². The minimum absolute atomic E-state index is 0.287. The lowest BCUT2D eigenvalue weighted by Crippen LogP contribution is -2.30. The lowest BCUT2D eigenvalue weighted by Gasteiger charge is -2.14. The molecule has 1 aromatic carbocycles. The van der Waals surface area contributed by atoms with E-state index in [4.69, 9.17) is 4.74 Å². The monoisotopic (exact) mass is 432 g/mol. The summed E-state index contributed by atoms with van der Waals surface area (Å²) in [7, 11) is 0. The van der Waals surface area contributed by atoms with Crippen LogP contribution in [0.15, 0.2) is 29.4 Å². The second-order valence-corrected chi connectivity index (χ2v) is 8.18. The van der Waals surface area contributed by atoms with Crippen LogP contribution in [0.3, 0.4) is 0 Å². The number of urea groups is 1. The van der Waals surface area contributed by atoms with E-state index in [0.29, 0.717) is 37.0 Å². The molecule has 1 aromatic heterocycles. The number of ether oxygens (including phenoxy) is 1. The highest BCUT2D eigenvalue weighted by molar-refractivity contribution is 7.98. The van der Waals surface area contributed by atoms with E-state index in [-0.39, 0.29) is 12.1 Å². The normalized spacial score (nSPS) is 13.6. The van der Waals surface area contributed by atoms with Gasteiger partial charge < -0.3 is 19.9 Å². The predicted octanol–water partition coefficient (Wildman–Crippen LogP) is 3.37. The number of benzene rings is 1. The molecule has 1 aliphatic rings. The summed E-state index contributed by atoms with van der Waals surface area (Å²) in [6.45, 7) is 6.62. The van der Waals surface area contributed by atoms with Crippen LogP contribution < -0.4 is 15.5 Å². The molecule has 2 heterocycles. The molecule has 3 amide bonds. The van der Waals surface area contributed by atoms with Gasteiger partial charge in [0.05, 0.1) is 6.54 Å². The number of carbonyl (C=O) groups excluding carboxylic acids is 2. The van der Waals surface area contributed by atoms with Crippen LogP contribution >= 0.6 is 11.8 Å². The molecule has 10 heteroatoms. The molecule has 2 N–H and O–H groups in total. The average molecular weight is 433 g/mol. The highest BCUT2D eigenvalue weighted by Gasteiger charge is 2.23. The molecule has 162 valence electrons. The number of hydrogen-bond donors (Lipinski definition) is 2. The van der Waals surface area contributed by atoms with E-state index in [1.54, 1.807) is 34.9 Å². The van der Waals surface area contributed by atoms with Crippen LogP contribution in [0.4, 0.5) is 21.0 Å². The highest BCUT2D eigenvalue weighted by atomic mass is 32.2. The molecule has 0 saturated carbocycles. The number of amides is 3. The average Bonchev–Trinajstić information content (AvgIpc) is 3.31. The van der Waals surface area contributed by atoms with E-state index in [1.165, 1.54) is 0 Å². The Labute approximate surface area is 180 Å². The summed E-state index contributed by atoms with van der Waals surface area (Å²) in [6.07, 6.45) is 3.13. The third kappa shape index (κ3) is 5.65. The number of aromatic nitrogens is 3. The second-order valence-electron chi connectivity index (χ2n) is 7.41. The quantitative estimate of drug-likeness (QED) is 0.465. The van der Waals surface area contributed by atoms with Crippen molar-refractivity contribution in [1.82, 2.24) is 20.1 Å². The first-order valence-corrected chi connectivity index (χ1v) is 11.3. The SMILES string of the molecule is CSc1nnc(CCCNC(=O)Nc2cccc(N3CCOC3=O)c2)n1CC(C)C. The third-order valence-corrected chi connectivity index (χ3v) is 5.23. The van der Waals surface area contributed by atoms with Crippen molar-refractivity contribution in [3.8, 4) is 0 Å². The van der Waals surface area contributed by atoms with Gasteiger partial charge in [0.1, 0.15) is 12.4 Å². The van der Waals surface area contributed by atoms with E-state index in [1.807, 2.05) is 12.3 Å². The summed E-state index contributed by atoms with van der Waals surface area (Å²) in [5.41, 5.74) is 1.32. The largest absolute Gasteiger partial charge is 0.447 e. The van der Waals surface area contributed by atoms with Gasteiger partial charge in [0.2, 0.25) is 0 Å². The van der Waals surface area contributed by atoms with Crippen LogP contribution in [0.1, 0.15) is 26.1 Å². The molecule has 9 nitrogen and oxygen atoms in total. The Balaban J connectivity index is 1.47. The first kappa shape index (κ1) is 21.9. The van der Waals surface area contributed by atoms with Crippen LogP contribution in [0.5, 0.6) is 0 Å². The fourth-order valence-corrected chi connectivity index (χ4v) is 3.73. The van der Waals surface area contributed by atoms with Gasteiger partial charge in [0.25, 0.3) is 0 Å². The lowest BCUT2D eigenvalue weighted by atomic mass is 10.2. The summed E-state index contributed by atoms with van der Waals surface area (Å²) in [4.78, 5) is 25.5. The number of rotatable bonds is 9. The van der Waals surface area contributed by atoms with Crippen molar-refractivity contribution < 1.29 is 14.3 Å². The van der Waals surface area contributed by atoms with Gasteiger partial charge in [-0.2, -0.15) is 0 Å². The summed E-state index contributed by atoms with van der Waals surface area (Å²) in [6, 6.07) is 6.85. The summed E-state index contributed by atoms with van der Waals surface area (Å²) < 4.78 is 7.11. The topological polar surface area (TPSA) is 101 Å². The van der Waals surface area contributed by atoms with Crippen molar-refractivity contribution >= 4 is 35.3 Å². The smallest absolute Gasteiger partial charge is 0.414 e. The first-order chi connectivity index (χ1) is 14.5. The van der Waals surface area contributed by atoms with Crippen molar-refractivity contribution in [1.29, 1.82) is 0 Å². The highest BCUT2D eigenvalue weighted by Crippen LogP contribution is 2.22. The zero-order chi connectivity index (χ0) is 21.5. The number of nitrogens with zero attached hydrogens (tertiary/aromatic N) is 4. The molecule has 1 fully saturated rings. The molecule has 30 heavy (non-hydrogen) atoms. The van der Waals surface area contributed by atoms with Crippen molar-refractivity contribution in [2.75, 3.05) is 36.2 Å². The van der Waals surface area contributed by atoms with Crippen molar-refractivity contribution in [2.24, 2.45) is 5.92 Å². The van der Waals surface area contributed by atoms with Gasteiger partial charge in [-0.25, -0.2) is 9.59 Å². The fourth-order valence-electron chi connectivity index (χ4n) is 3.21. The van der Waals surface area contributed by atoms with E-state index < -0.39 is 0 Å². The Morgan fingerprint density at radius 2 is 2.17 bits per heavy atom. The third-order valence-electron chi connectivity index (χ3n) is 4.56. The van der Waals surface area contributed by atoms with Crippen LogP contribution in [0.2, 0.25) is 0 Å². The molecule has 2 aromatic rings. The second kappa shape index (κ2) is 10.3. The van der Waals surface area contributed by atoms with E-state index in [0.717, 1.165) is 30.4 Å². The molecule has 0 radical (unpaired) electrons. The number of carbonyl (C=O) groups is 2. The number of thioether (sulfide) groups is 1. The summed E-state index contributed by atoms with van der Waals surface area (Å²) >= 11 is 1.59. The maximum absolute atomic E-state index is 12.2. The van der Waals surface area contributed by atoms with Gasteiger partial charge in [0.15, 0.2) is 5.16 Å². The lowest BCUT2D eigenvalue weighted by molar-refractivity contribution is 0.181.